The number of carbonyl (C=O) groups is 2. The van der Waals surface area contributed by atoms with Gasteiger partial charge in [-0.3, -0.25) is 14.6 Å². The summed E-state index contributed by atoms with van der Waals surface area (Å²) in [5, 5.41) is 0. The van der Waals surface area contributed by atoms with Crippen molar-refractivity contribution < 1.29 is 9.59 Å². The molecule has 2 aliphatic rings. The molecule has 0 N–H and O–H groups in total. The molecule has 2 aliphatic heterocycles. The average molecular weight is 407 g/mol. The van der Waals surface area contributed by atoms with E-state index in [0.29, 0.717) is 6.54 Å². The lowest BCUT2D eigenvalue weighted by molar-refractivity contribution is -0.128. The summed E-state index contributed by atoms with van der Waals surface area (Å²) in [6.07, 6.45) is 3.76. The van der Waals surface area contributed by atoms with E-state index in [4.69, 9.17) is 0 Å². The highest BCUT2D eigenvalue weighted by Gasteiger charge is 2.43. The third kappa shape index (κ3) is 4.05. The second kappa shape index (κ2) is 8.88. The lowest BCUT2D eigenvalue weighted by atomic mass is 10.1. The van der Waals surface area contributed by atoms with Crippen molar-refractivity contribution in [2.24, 2.45) is 0 Å². The Morgan fingerprint density at radius 3 is 2.33 bits per heavy atom. The van der Waals surface area contributed by atoms with Gasteiger partial charge >= 0.3 is 6.03 Å². The van der Waals surface area contributed by atoms with Gasteiger partial charge in [-0.15, -0.1) is 0 Å². The van der Waals surface area contributed by atoms with E-state index in [1.165, 1.54) is 35.4 Å². The Bertz CT molecular complexity index is 895. The Kier molecular flexibility index (Phi) is 6.04. The van der Waals surface area contributed by atoms with Crippen molar-refractivity contribution in [3.63, 3.8) is 0 Å². The van der Waals surface area contributed by atoms with Crippen molar-refractivity contribution in [1.29, 1.82) is 0 Å². The topological polar surface area (TPSA) is 47.1 Å². The van der Waals surface area contributed by atoms with E-state index >= 15 is 0 Å². The molecule has 3 amide bonds. The van der Waals surface area contributed by atoms with Crippen LogP contribution < -0.4 is 9.80 Å². The summed E-state index contributed by atoms with van der Waals surface area (Å²) in [4.78, 5) is 33.3. The van der Waals surface area contributed by atoms with Crippen LogP contribution in [0.15, 0.2) is 54.6 Å². The molecule has 6 heteroatoms. The first-order chi connectivity index (χ1) is 14.6. The van der Waals surface area contributed by atoms with Crippen molar-refractivity contribution in [3.8, 4) is 0 Å². The number of imide groups is 1. The fraction of sp³-hybridized carbons (Fsp3) is 0.417. The summed E-state index contributed by atoms with van der Waals surface area (Å²) >= 11 is 0. The number of hydrogen-bond donors (Lipinski definition) is 0. The number of carbonyl (C=O) groups excluding carboxylic acids is 2. The summed E-state index contributed by atoms with van der Waals surface area (Å²) in [5.74, 6) is -0.153. The van der Waals surface area contributed by atoms with E-state index in [-0.39, 0.29) is 18.6 Å². The summed E-state index contributed by atoms with van der Waals surface area (Å²) in [6.45, 7) is 4.93. The summed E-state index contributed by atoms with van der Waals surface area (Å²) in [6, 6.07) is 17.1. The molecule has 0 aliphatic carbocycles. The third-order valence-electron chi connectivity index (χ3n) is 5.99. The van der Waals surface area contributed by atoms with E-state index in [1.54, 1.807) is 11.8 Å². The molecule has 2 saturated heterocycles. The molecule has 2 aromatic carbocycles. The minimum atomic E-state index is -0.492. The molecule has 0 bridgehead atoms. The molecule has 0 radical (unpaired) electrons. The lowest BCUT2D eigenvalue weighted by Gasteiger charge is -2.32. The summed E-state index contributed by atoms with van der Waals surface area (Å²) in [5.41, 5.74) is 3.25. The highest BCUT2D eigenvalue weighted by molar-refractivity contribution is 6.14. The van der Waals surface area contributed by atoms with Gasteiger partial charge in [-0.1, -0.05) is 36.4 Å². The summed E-state index contributed by atoms with van der Waals surface area (Å²) in [7, 11) is 1.96. The first-order valence-electron chi connectivity index (χ1n) is 10.8. The van der Waals surface area contributed by atoms with Gasteiger partial charge in [0.1, 0.15) is 6.04 Å². The zero-order chi connectivity index (χ0) is 21.1. The normalized spacial score (nSPS) is 19.8. The SMILES string of the molecule is C[C@H]1C(=O)N(CN(C)Cc2ccccc2N2CCCCC2)C(=O)N1c1ccccc1. The molecule has 4 rings (SSSR count). The number of hydrogen-bond acceptors (Lipinski definition) is 4. The number of amides is 3. The van der Waals surface area contributed by atoms with Crippen LogP contribution in [0.4, 0.5) is 16.2 Å². The van der Waals surface area contributed by atoms with Crippen molar-refractivity contribution >= 4 is 23.3 Å². The maximum atomic E-state index is 13.0. The Labute approximate surface area is 178 Å². The molecular weight excluding hydrogens is 376 g/mol. The molecule has 1 atom stereocenters. The standard InChI is InChI=1S/C24H30N4O2/c1-19-23(29)27(24(30)28(19)21-12-5-3-6-13-21)18-25(2)17-20-11-7-8-14-22(20)26-15-9-4-10-16-26/h3,5-8,11-14,19H,4,9-10,15-18H2,1-2H3/t19-/m0/s1. The minimum Gasteiger partial charge on any atom is -0.371 e. The van der Waals surface area contributed by atoms with Crippen LogP contribution in [0.3, 0.4) is 0 Å². The zero-order valence-corrected chi connectivity index (χ0v) is 17.8. The first kappa shape index (κ1) is 20.4. The van der Waals surface area contributed by atoms with Gasteiger partial charge in [0.05, 0.1) is 6.67 Å². The molecule has 2 aromatic rings. The zero-order valence-electron chi connectivity index (χ0n) is 17.8. The van der Waals surface area contributed by atoms with Gasteiger partial charge in [0.2, 0.25) is 0 Å². The Balaban J connectivity index is 1.46. The molecule has 30 heavy (non-hydrogen) atoms. The largest absolute Gasteiger partial charge is 0.371 e. The van der Waals surface area contributed by atoms with Crippen LogP contribution in [0.2, 0.25) is 0 Å². The van der Waals surface area contributed by atoms with E-state index in [9.17, 15) is 9.59 Å². The number of nitrogens with zero attached hydrogens (tertiary/aromatic N) is 4. The van der Waals surface area contributed by atoms with Crippen LogP contribution in [-0.2, 0) is 11.3 Å². The summed E-state index contributed by atoms with van der Waals surface area (Å²) < 4.78 is 0. The first-order valence-corrected chi connectivity index (χ1v) is 10.8. The Morgan fingerprint density at radius 1 is 0.933 bits per heavy atom. The second-order valence-corrected chi connectivity index (χ2v) is 8.26. The van der Waals surface area contributed by atoms with Crippen LogP contribution in [-0.4, -0.2) is 54.6 Å². The molecule has 2 fully saturated rings. The van der Waals surface area contributed by atoms with Gasteiger partial charge in [-0.2, -0.15) is 0 Å². The number of piperidine rings is 1. The van der Waals surface area contributed by atoms with Crippen molar-refractivity contribution in [2.75, 3.05) is 36.6 Å². The molecule has 0 aromatic heterocycles. The average Bonchev–Trinajstić information content (AvgIpc) is 2.98. The Morgan fingerprint density at radius 2 is 1.60 bits per heavy atom. The fourth-order valence-corrected chi connectivity index (χ4v) is 4.45. The van der Waals surface area contributed by atoms with Gasteiger partial charge in [-0.25, -0.2) is 9.69 Å². The number of urea groups is 1. The maximum Gasteiger partial charge on any atom is 0.333 e. The maximum absolute atomic E-state index is 13.0. The molecule has 6 nitrogen and oxygen atoms in total. The van der Waals surface area contributed by atoms with Crippen LogP contribution in [0, 0.1) is 0 Å². The minimum absolute atomic E-state index is 0.153. The number of para-hydroxylation sites is 2. The molecule has 0 spiro atoms. The predicted molar refractivity (Wildman–Crippen MR) is 119 cm³/mol. The van der Waals surface area contributed by atoms with Gasteiger partial charge < -0.3 is 4.90 Å². The van der Waals surface area contributed by atoms with Gasteiger partial charge in [0.15, 0.2) is 0 Å². The van der Waals surface area contributed by atoms with E-state index in [0.717, 1.165) is 18.8 Å². The molecular formula is C24H30N4O2. The smallest absolute Gasteiger partial charge is 0.333 e. The van der Waals surface area contributed by atoms with Crippen molar-refractivity contribution in [3.05, 3.63) is 60.2 Å². The third-order valence-corrected chi connectivity index (χ3v) is 5.99. The highest BCUT2D eigenvalue weighted by atomic mass is 16.2. The van der Waals surface area contributed by atoms with E-state index in [2.05, 4.69) is 29.2 Å². The predicted octanol–water partition coefficient (Wildman–Crippen LogP) is 3.92. The van der Waals surface area contributed by atoms with Crippen LogP contribution >= 0.6 is 0 Å². The van der Waals surface area contributed by atoms with Crippen LogP contribution in [0.25, 0.3) is 0 Å². The lowest BCUT2D eigenvalue weighted by Crippen LogP contribution is -2.40. The van der Waals surface area contributed by atoms with Crippen LogP contribution in [0.1, 0.15) is 31.7 Å². The molecule has 0 unspecified atom stereocenters. The quantitative estimate of drug-likeness (QED) is 0.682. The number of anilines is 2. The monoisotopic (exact) mass is 406 g/mol. The molecule has 0 saturated carbocycles. The number of benzene rings is 2. The van der Waals surface area contributed by atoms with Gasteiger partial charge in [0.25, 0.3) is 5.91 Å². The second-order valence-electron chi connectivity index (χ2n) is 8.26. The highest BCUT2D eigenvalue weighted by Crippen LogP contribution is 2.27. The number of rotatable bonds is 6. The van der Waals surface area contributed by atoms with Crippen molar-refractivity contribution in [2.45, 2.75) is 38.8 Å². The van der Waals surface area contributed by atoms with E-state index in [1.807, 2.05) is 42.3 Å². The molecule has 158 valence electrons. The van der Waals surface area contributed by atoms with Crippen molar-refractivity contribution in [1.82, 2.24) is 9.80 Å². The van der Waals surface area contributed by atoms with Crippen LogP contribution in [0.5, 0.6) is 0 Å². The van der Waals surface area contributed by atoms with E-state index < -0.39 is 6.04 Å². The van der Waals surface area contributed by atoms with Gasteiger partial charge in [-0.05, 0) is 57.0 Å². The fourth-order valence-electron chi connectivity index (χ4n) is 4.45. The van der Waals surface area contributed by atoms with Gasteiger partial charge in [0, 0.05) is 31.0 Å². The Hall–Kier alpha value is -2.86. The molecule has 2 heterocycles.